The maximum atomic E-state index is 11.9. The van der Waals surface area contributed by atoms with Crippen LogP contribution in [0, 0.1) is 0 Å². The van der Waals surface area contributed by atoms with Gasteiger partial charge in [0.25, 0.3) is 0 Å². The normalized spacial score (nSPS) is 11.9. The van der Waals surface area contributed by atoms with E-state index in [1.165, 1.54) is 0 Å². The summed E-state index contributed by atoms with van der Waals surface area (Å²) in [6.45, 7) is 3.20. The Morgan fingerprint density at radius 2 is 2.13 bits per heavy atom. The number of amides is 2. The lowest BCUT2D eigenvalue weighted by Gasteiger charge is -2.14. The summed E-state index contributed by atoms with van der Waals surface area (Å²) >= 11 is 0. The second kappa shape index (κ2) is 8.97. The van der Waals surface area contributed by atoms with Gasteiger partial charge >= 0.3 is 6.03 Å². The smallest absolute Gasteiger partial charge is 0.319 e. The Kier molecular flexibility index (Phi) is 6.65. The molecule has 0 spiro atoms. The lowest BCUT2D eigenvalue weighted by Crippen LogP contribution is -2.38. The van der Waals surface area contributed by atoms with Crippen LogP contribution in [0.2, 0.25) is 0 Å². The number of hydrogen-bond acceptors (Lipinski definition) is 4. The molecule has 2 rings (SSSR count). The molecule has 0 aliphatic heterocycles. The van der Waals surface area contributed by atoms with E-state index in [0.29, 0.717) is 25.5 Å². The minimum Gasteiger partial charge on any atom is -0.467 e. The van der Waals surface area contributed by atoms with Gasteiger partial charge < -0.3 is 24.5 Å². The number of rotatable bonds is 8. The number of furan rings is 1. The Hall–Kier alpha value is -2.31. The zero-order valence-electron chi connectivity index (χ0n) is 13.4. The standard InChI is InChI=1S/C17H22N2O4/c1-13(10-21-2)18-17(20)19-15-6-3-5-14(9-15)11-22-12-16-7-4-8-23-16/h3-9,13H,10-12H2,1-2H3,(H2,18,19,20). The fourth-order valence-corrected chi connectivity index (χ4v) is 2.09. The second-order valence-electron chi connectivity index (χ2n) is 5.23. The van der Waals surface area contributed by atoms with E-state index in [9.17, 15) is 4.79 Å². The van der Waals surface area contributed by atoms with Crippen LogP contribution in [0.1, 0.15) is 18.2 Å². The summed E-state index contributed by atoms with van der Waals surface area (Å²) in [7, 11) is 1.60. The Morgan fingerprint density at radius 1 is 1.26 bits per heavy atom. The highest BCUT2D eigenvalue weighted by Crippen LogP contribution is 2.12. The van der Waals surface area contributed by atoms with Crippen molar-refractivity contribution in [1.82, 2.24) is 5.32 Å². The lowest BCUT2D eigenvalue weighted by molar-refractivity contribution is 0.0930. The zero-order chi connectivity index (χ0) is 16.5. The van der Waals surface area contributed by atoms with E-state index in [-0.39, 0.29) is 12.1 Å². The molecule has 23 heavy (non-hydrogen) atoms. The van der Waals surface area contributed by atoms with Gasteiger partial charge in [0.2, 0.25) is 0 Å². The van der Waals surface area contributed by atoms with Gasteiger partial charge in [0.15, 0.2) is 0 Å². The molecule has 2 amide bonds. The molecule has 0 bridgehead atoms. The summed E-state index contributed by atoms with van der Waals surface area (Å²) in [5, 5.41) is 5.59. The van der Waals surface area contributed by atoms with Crippen LogP contribution < -0.4 is 10.6 Å². The molecule has 0 fully saturated rings. The third kappa shape index (κ3) is 6.14. The number of hydrogen-bond donors (Lipinski definition) is 2. The number of carbonyl (C=O) groups excluding carboxylic acids is 1. The molecule has 1 aromatic heterocycles. The summed E-state index contributed by atoms with van der Waals surface area (Å²) in [4.78, 5) is 11.9. The molecule has 1 heterocycles. The first-order chi connectivity index (χ1) is 11.2. The van der Waals surface area contributed by atoms with Crippen molar-refractivity contribution in [2.24, 2.45) is 0 Å². The predicted octanol–water partition coefficient (Wildman–Crippen LogP) is 3.15. The van der Waals surface area contributed by atoms with Crippen LogP contribution in [0.25, 0.3) is 0 Å². The van der Waals surface area contributed by atoms with Crippen LogP contribution in [0.5, 0.6) is 0 Å². The molecule has 0 saturated heterocycles. The number of nitrogens with one attached hydrogen (secondary N) is 2. The highest BCUT2D eigenvalue weighted by Gasteiger charge is 2.07. The van der Waals surface area contributed by atoms with E-state index in [2.05, 4.69) is 10.6 Å². The van der Waals surface area contributed by atoms with Gasteiger partial charge in [-0.05, 0) is 36.8 Å². The Labute approximate surface area is 135 Å². The minimum absolute atomic E-state index is 0.0557. The van der Waals surface area contributed by atoms with Crippen molar-refractivity contribution in [2.45, 2.75) is 26.2 Å². The van der Waals surface area contributed by atoms with Gasteiger partial charge in [-0.3, -0.25) is 0 Å². The molecule has 0 aliphatic carbocycles. The fraction of sp³-hybridized carbons (Fsp3) is 0.353. The van der Waals surface area contributed by atoms with E-state index >= 15 is 0 Å². The number of benzene rings is 1. The molecule has 124 valence electrons. The number of urea groups is 1. The van der Waals surface area contributed by atoms with E-state index in [1.54, 1.807) is 13.4 Å². The Balaban J connectivity index is 1.80. The zero-order valence-corrected chi connectivity index (χ0v) is 13.4. The van der Waals surface area contributed by atoms with Gasteiger partial charge in [-0.2, -0.15) is 0 Å². The largest absolute Gasteiger partial charge is 0.467 e. The van der Waals surface area contributed by atoms with Gasteiger partial charge in [-0.15, -0.1) is 0 Å². The second-order valence-corrected chi connectivity index (χ2v) is 5.23. The van der Waals surface area contributed by atoms with E-state index in [4.69, 9.17) is 13.9 Å². The molecular formula is C17H22N2O4. The van der Waals surface area contributed by atoms with Crippen LogP contribution in [0.15, 0.2) is 47.1 Å². The van der Waals surface area contributed by atoms with Crippen LogP contribution in [-0.4, -0.2) is 25.8 Å². The summed E-state index contributed by atoms with van der Waals surface area (Å²) in [6, 6.07) is 10.9. The Morgan fingerprint density at radius 3 is 2.87 bits per heavy atom. The molecule has 1 atom stereocenters. The Bertz CT molecular complexity index is 598. The third-order valence-electron chi connectivity index (χ3n) is 3.07. The van der Waals surface area contributed by atoms with E-state index < -0.39 is 0 Å². The average Bonchev–Trinajstić information content (AvgIpc) is 3.01. The summed E-state index contributed by atoms with van der Waals surface area (Å²) in [5.74, 6) is 0.783. The highest BCUT2D eigenvalue weighted by atomic mass is 16.5. The SMILES string of the molecule is COCC(C)NC(=O)Nc1cccc(COCc2ccco2)c1. The summed E-state index contributed by atoms with van der Waals surface area (Å²) in [5.41, 5.74) is 1.69. The van der Waals surface area contributed by atoms with Crippen molar-refractivity contribution < 1.29 is 18.7 Å². The van der Waals surface area contributed by atoms with Crippen LogP contribution in [0.3, 0.4) is 0 Å². The van der Waals surface area contributed by atoms with Gasteiger partial charge in [-0.25, -0.2) is 4.79 Å². The molecule has 6 nitrogen and oxygen atoms in total. The highest BCUT2D eigenvalue weighted by molar-refractivity contribution is 5.89. The maximum absolute atomic E-state index is 11.9. The molecule has 0 aliphatic rings. The van der Waals surface area contributed by atoms with Crippen LogP contribution in [-0.2, 0) is 22.7 Å². The van der Waals surface area contributed by atoms with Crippen molar-refractivity contribution in [3.05, 3.63) is 54.0 Å². The van der Waals surface area contributed by atoms with Crippen molar-refractivity contribution in [1.29, 1.82) is 0 Å². The van der Waals surface area contributed by atoms with Crippen LogP contribution >= 0.6 is 0 Å². The summed E-state index contributed by atoms with van der Waals surface area (Å²) < 4.78 is 15.8. The number of methoxy groups -OCH3 is 1. The van der Waals surface area contributed by atoms with E-state index in [1.807, 2.05) is 43.3 Å². The van der Waals surface area contributed by atoms with Crippen molar-refractivity contribution in [3.8, 4) is 0 Å². The summed E-state index contributed by atoms with van der Waals surface area (Å²) in [6.07, 6.45) is 1.62. The lowest BCUT2D eigenvalue weighted by atomic mass is 10.2. The van der Waals surface area contributed by atoms with Crippen molar-refractivity contribution in [3.63, 3.8) is 0 Å². The van der Waals surface area contributed by atoms with Crippen LogP contribution in [0.4, 0.5) is 10.5 Å². The fourth-order valence-electron chi connectivity index (χ4n) is 2.09. The predicted molar refractivity (Wildman–Crippen MR) is 87.1 cm³/mol. The minimum atomic E-state index is -0.261. The molecule has 2 N–H and O–H groups in total. The quantitative estimate of drug-likeness (QED) is 0.784. The van der Waals surface area contributed by atoms with Gasteiger partial charge in [0.05, 0.1) is 25.5 Å². The monoisotopic (exact) mass is 318 g/mol. The third-order valence-corrected chi connectivity index (χ3v) is 3.07. The molecule has 0 saturated carbocycles. The first-order valence-corrected chi connectivity index (χ1v) is 7.43. The molecule has 2 aromatic rings. The number of ether oxygens (including phenoxy) is 2. The van der Waals surface area contributed by atoms with Gasteiger partial charge in [0.1, 0.15) is 12.4 Å². The van der Waals surface area contributed by atoms with Crippen molar-refractivity contribution in [2.75, 3.05) is 19.0 Å². The first-order valence-electron chi connectivity index (χ1n) is 7.43. The first kappa shape index (κ1) is 17.1. The molecular weight excluding hydrogens is 296 g/mol. The molecule has 0 radical (unpaired) electrons. The van der Waals surface area contributed by atoms with Gasteiger partial charge in [-0.1, -0.05) is 12.1 Å². The number of anilines is 1. The maximum Gasteiger partial charge on any atom is 0.319 e. The van der Waals surface area contributed by atoms with E-state index in [0.717, 1.165) is 11.3 Å². The topological polar surface area (TPSA) is 72.7 Å². The number of carbonyl (C=O) groups is 1. The molecule has 6 heteroatoms. The molecule has 1 aromatic carbocycles. The van der Waals surface area contributed by atoms with Gasteiger partial charge in [0, 0.05) is 12.8 Å². The van der Waals surface area contributed by atoms with Crippen molar-refractivity contribution >= 4 is 11.7 Å². The average molecular weight is 318 g/mol. The molecule has 1 unspecified atom stereocenters.